The van der Waals surface area contributed by atoms with E-state index in [4.69, 9.17) is 27.9 Å². The number of carbonyl (C=O) groups excluding carboxylic acids is 2. The molecule has 3 rings (SSSR count). The van der Waals surface area contributed by atoms with E-state index in [2.05, 4.69) is 5.32 Å². The van der Waals surface area contributed by atoms with Gasteiger partial charge >= 0.3 is 0 Å². The lowest BCUT2D eigenvalue weighted by Crippen LogP contribution is -2.47. The Morgan fingerprint density at radius 1 is 1.07 bits per heavy atom. The van der Waals surface area contributed by atoms with E-state index in [9.17, 15) is 9.59 Å². The van der Waals surface area contributed by atoms with Gasteiger partial charge in [0.2, 0.25) is 5.91 Å². The lowest BCUT2D eigenvalue weighted by molar-refractivity contribution is -0.135. The third kappa shape index (κ3) is 5.43. The molecule has 7 heteroatoms. The van der Waals surface area contributed by atoms with Crippen LogP contribution >= 0.6 is 23.2 Å². The Hall–Kier alpha value is -2.24. The molecule has 154 valence electrons. The quantitative estimate of drug-likeness (QED) is 0.706. The largest absolute Gasteiger partial charge is 0.455 e. The van der Waals surface area contributed by atoms with Gasteiger partial charge in [0.1, 0.15) is 11.5 Å². The molecule has 1 aliphatic heterocycles. The number of rotatable bonds is 5. The van der Waals surface area contributed by atoms with E-state index in [1.165, 1.54) is 0 Å². The van der Waals surface area contributed by atoms with Crippen LogP contribution in [0.2, 0.25) is 10.0 Å². The molecule has 2 amide bonds. The molecule has 1 N–H and O–H groups in total. The van der Waals surface area contributed by atoms with Crippen molar-refractivity contribution >= 4 is 35.0 Å². The minimum Gasteiger partial charge on any atom is -0.455 e. The molecule has 29 heavy (non-hydrogen) atoms. The summed E-state index contributed by atoms with van der Waals surface area (Å²) in [7, 11) is 0. The van der Waals surface area contributed by atoms with E-state index < -0.39 is 0 Å². The Morgan fingerprint density at radius 3 is 2.41 bits per heavy atom. The molecular weight excluding hydrogens is 411 g/mol. The summed E-state index contributed by atoms with van der Waals surface area (Å²) in [4.78, 5) is 26.8. The van der Waals surface area contributed by atoms with Gasteiger partial charge in [-0.05, 0) is 43.2 Å². The Balaban J connectivity index is 1.65. The van der Waals surface area contributed by atoms with Crippen molar-refractivity contribution in [3.05, 3.63) is 58.1 Å². The van der Waals surface area contributed by atoms with Crippen LogP contribution in [0.4, 0.5) is 0 Å². The van der Waals surface area contributed by atoms with Crippen molar-refractivity contribution in [2.45, 2.75) is 32.7 Å². The summed E-state index contributed by atoms with van der Waals surface area (Å²) in [6.07, 6.45) is 1.46. The smallest absolute Gasteiger partial charge is 0.255 e. The predicted molar refractivity (Wildman–Crippen MR) is 115 cm³/mol. The minimum absolute atomic E-state index is 0.00939. The summed E-state index contributed by atoms with van der Waals surface area (Å²) >= 11 is 12.1. The number of likely N-dealkylation sites (tertiary alicyclic amines) is 1. The monoisotopic (exact) mass is 434 g/mol. The van der Waals surface area contributed by atoms with Crippen LogP contribution in [0.5, 0.6) is 11.5 Å². The van der Waals surface area contributed by atoms with Crippen LogP contribution in [0.3, 0.4) is 0 Å². The van der Waals surface area contributed by atoms with Gasteiger partial charge in [-0.1, -0.05) is 49.2 Å². The van der Waals surface area contributed by atoms with E-state index in [0.717, 1.165) is 12.8 Å². The molecule has 2 aromatic rings. The van der Waals surface area contributed by atoms with Crippen LogP contribution in [-0.2, 0) is 4.79 Å². The summed E-state index contributed by atoms with van der Waals surface area (Å²) < 4.78 is 5.88. The zero-order chi connectivity index (χ0) is 21.0. The molecule has 1 heterocycles. The van der Waals surface area contributed by atoms with Gasteiger partial charge in [-0.3, -0.25) is 9.59 Å². The second-order valence-corrected chi connectivity index (χ2v) is 8.24. The molecule has 1 saturated heterocycles. The van der Waals surface area contributed by atoms with Gasteiger partial charge in [-0.15, -0.1) is 0 Å². The highest BCUT2D eigenvalue weighted by Crippen LogP contribution is 2.33. The summed E-state index contributed by atoms with van der Waals surface area (Å²) in [5, 5.41) is 3.94. The van der Waals surface area contributed by atoms with Crippen molar-refractivity contribution < 1.29 is 14.3 Å². The summed E-state index contributed by atoms with van der Waals surface area (Å²) in [5.74, 6) is 0.788. The zero-order valence-electron chi connectivity index (χ0n) is 16.5. The number of halogens is 2. The second-order valence-electron chi connectivity index (χ2n) is 7.40. The Morgan fingerprint density at radius 2 is 1.76 bits per heavy atom. The number of hydrogen-bond donors (Lipinski definition) is 1. The molecule has 1 aliphatic rings. The van der Waals surface area contributed by atoms with E-state index in [1.807, 2.05) is 18.7 Å². The lowest BCUT2D eigenvalue weighted by atomic mass is 10.0. The highest BCUT2D eigenvalue weighted by molar-refractivity contribution is 6.35. The first-order chi connectivity index (χ1) is 13.8. The van der Waals surface area contributed by atoms with E-state index >= 15 is 0 Å². The van der Waals surface area contributed by atoms with Gasteiger partial charge in [-0.2, -0.15) is 0 Å². The Bertz CT molecular complexity index is 893. The normalized spacial score (nSPS) is 14.7. The average molecular weight is 435 g/mol. The molecule has 0 saturated carbocycles. The van der Waals surface area contributed by atoms with Gasteiger partial charge in [0, 0.05) is 30.1 Å². The fourth-order valence-electron chi connectivity index (χ4n) is 3.29. The third-order valence-electron chi connectivity index (χ3n) is 4.88. The number of piperidine rings is 1. The summed E-state index contributed by atoms with van der Waals surface area (Å²) in [5.41, 5.74) is 0.430. The molecule has 5 nitrogen and oxygen atoms in total. The van der Waals surface area contributed by atoms with Crippen LogP contribution in [0.15, 0.2) is 42.5 Å². The van der Waals surface area contributed by atoms with Gasteiger partial charge in [0.05, 0.1) is 10.6 Å². The van der Waals surface area contributed by atoms with E-state index in [1.54, 1.807) is 42.5 Å². The molecule has 0 atom stereocenters. The number of carbonyl (C=O) groups is 2. The van der Waals surface area contributed by atoms with Crippen LogP contribution < -0.4 is 10.1 Å². The average Bonchev–Trinajstić information content (AvgIpc) is 2.70. The maximum atomic E-state index is 12.9. The van der Waals surface area contributed by atoms with Crippen LogP contribution in [0.25, 0.3) is 0 Å². The predicted octanol–water partition coefficient (Wildman–Crippen LogP) is 5.16. The van der Waals surface area contributed by atoms with E-state index in [0.29, 0.717) is 40.2 Å². The first-order valence-corrected chi connectivity index (χ1v) is 10.4. The van der Waals surface area contributed by atoms with Crippen LogP contribution in [0, 0.1) is 5.92 Å². The number of para-hydroxylation sites is 1. The van der Waals surface area contributed by atoms with Crippen molar-refractivity contribution in [2.75, 3.05) is 13.1 Å². The number of nitrogens with one attached hydrogen (secondary N) is 1. The van der Waals surface area contributed by atoms with Crippen molar-refractivity contribution in [3.63, 3.8) is 0 Å². The maximum absolute atomic E-state index is 12.9. The van der Waals surface area contributed by atoms with Crippen molar-refractivity contribution in [3.8, 4) is 11.5 Å². The van der Waals surface area contributed by atoms with Crippen molar-refractivity contribution in [1.29, 1.82) is 0 Å². The zero-order valence-corrected chi connectivity index (χ0v) is 18.0. The van der Waals surface area contributed by atoms with E-state index in [-0.39, 0.29) is 23.8 Å². The maximum Gasteiger partial charge on any atom is 0.255 e. The number of hydrogen-bond acceptors (Lipinski definition) is 3. The molecule has 1 fully saturated rings. The highest BCUT2D eigenvalue weighted by Gasteiger charge is 2.26. The highest BCUT2D eigenvalue weighted by atomic mass is 35.5. The minimum atomic E-state index is -0.209. The lowest BCUT2D eigenvalue weighted by Gasteiger charge is -2.33. The summed E-state index contributed by atoms with van der Waals surface area (Å²) in [6, 6.07) is 12.0. The molecular formula is C22H24Cl2N2O3. The van der Waals surface area contributed by atoms with Crippen molar-refractivity contribution in [2.24, 2.45) is 5.92 Å². The Labute approximate surface area is 180 Å². The van der Waals surface area contributed by atoms with Gasteiger partial charge in [-0.25, -0.2) is 0 Å². The molecule has 0 aliphatic carbocycles. The first kappa shape index (κ1) is 21.5. The second kappa shape index (κ2) is 9.51. The number of nitrogens with zero attached hydrogens (tertiary/aromatic N) is 1. The molecule has 0 aromatic heterocycles. The Kier molecular flexibility index (Phi) is 7.04. The van der Waals surface area contributed by atoms with Gasteiger partial charge in [0.15, 0.2) is 0 Å². The summed E-state index contributed by atoms with van der Waals surface area (Å²) in [6.45, 7) is 5.11. The molecule has 0 spiro atoms. The first-order valence-electron chi connectivity index (χ1n) is 9.66. The third-order valence-corrected chi connectivity index (χ3v) is 5.41. The van der Waals surface area contributed by atoms with Crippen LogP contribution in [0.1, 0.15) is 37.0 Å². The topological polar surface area (TPSA) is 58.6 Å². The number of amides is 2. The SMILES string of the molecule is CC(C)C(=O)N1CCC(NC(=O)c2ccccc2Oc2ccc(Cl)cc2Cl)CC1. The van der Waals surface area contributed by atoms with Crippen molar-refractivity contribution in [1.82, 2.24) is 10.2 Å². The van der Waals surface area contributed by atoms with Crippen LogP contribution in [-0.4, -0.2) is 35.8 Å². The standard InChI is InChI=1S/C22H24Cl2N2O3/c1-14(2)22(28)26-11-9-16(10-12-26)25-21(27)17-5-3-4-6-19(17)29-20-8-7-15(23)13-18(20)24/h3-8,13-14,16H,9-12H2,1-2H3,(H,25,27). The van der Waals surface area contributed by atoms with Gasteiger partial charge in [0.25, 0.3) is 5.91 Å². The van der Waals surface area contributed by atoms with Gasteiger partial charge < -0.3 is 15.0 Å². The fourth-order valence-corrected chi connectivity index (χ4v) is 3.74. The fraction of sp³-hybridized carbons (Fsp3) is 0.364. The molecule has 0 unspecified atom stereocenters. The molecule has 0 bridgehead atoms. The molecule has 2 aromatic carbocycles. The number of benzene rings is 2. The number of ether oxygens (including phenoxy) is 1. The molecule has 0 radical (unpaired) electrons.